The highest BCUT2D eigenvalue weighted by Crippen LogP contribution is 2.38. The average Bonchev–Trinajstić information content (AvgIpc) is 3.17. The van der Waals surface area contributed by atoms with Crippen LogP contribution in [-0.2, 0) is 0 Å². The van der Waals surface area contributed by atoms with E-state index in [4.69, 9.17) is 0 Å². The van der Waals surface area contributed by atoms with Crippen LogP contribution in [0.15, 0.2) is 16.7 Å². The number of aromatic nitrogens is 1. The van der Waals surface area contributed by atoms with Gasteiger partial charge in [0.15, 0.2) is 0 Å². The van der Waals surface area contributed by atoms with Crippen molar-refractivity contribution in [2.45, 2.75) is 57.5 Å². The van der Waals surface area contributed by atoms with Crippen LogP contribution in [0.25, 0.3) is 0 Å². The van der Waals surface area contributed by atoms with E-state index in [1.54, 1.807) is 0 Å². The molecule has 0 aromatic carbocycles. The molecule has 1 saturated carbocycles. The van der Waals surface area contributed by atoms with Crippen LogP contribution in [0.2, 0.25) is 0 Å². The first-order valence-electron chi connectivity index (χ1n) is 7.35. The van der Waals surface area contributed by atoms with E-state index in [-0.39, 0.29) is 5.91 Å². The SMILES string of the molecule is CC1CCCCCN1C(=O)c1cc(Br)cn1C1CC1. The van der Waals surface area contributed by atoms with Crippen molar-refractivity contribution in [3.8, 4) is 0 Å². The van der Waals surface area contributed by atoms with E-state index in [1.807, 2.05) is 6.07 Å². The molecule has 1 saturated heterocycles. The van der Waals surface area contributed by atoms with E-state index >= 15 is 0 Å². The number of likely N-dealkylation sites (tertiary alicyclic amines) is 1. The zero-order chi connectivity index (χ0) is 13.4. The molecule has 0 radical (unpaired) electrons. The van der Waals surface area contributed by atoms with Gasteiger partial charge < -0.3 is 9.47 Å². The Morgan fingerprint density at radius 2 is 2.05 bits per heavy atom. The summed E-state index contributed by atoms with van der Waals surface area (Å²) in [6.07, 6.45) is 9.25. The highest BCUT2D eigenvalue weighted by Gasteiger charge is 2.31. The van der Waals surface area contributed by atoms with Crippen molar-refractivity contribution in [3.63, 3.8) is 0 Å². The fourth-order valence-electron chi connectivity index (χ4n) is 3.00. The molecule has 3 nitrogen and oxygen atoms in total. The molecule has 0 bridgehead atoms. The average molecular weight is 325 g/mol. The van der Waals surface area contributed by atoms with Gasteiger partial charge in [-0.05, 0) is 54.6 Å². The number of carbonyl (C=O) groups is 1. The van der Waals surface area contributed by atoms with Crippen LogP contribution in [0, 0.1) is 0 Å². The van der Waals surface area contributed by atoms with Crippen LogP contribution in [0.1, 0.15) is 62.0 Å². The molecule has 2 aliphatic rings. The molecule has 1 unspecified atom stereocenters. The van der Waals surface area contributed by atoms with Gasteiger partial charge in [-0.15, -0.1) is 0 Å². The molecule has 2 fully saturated rings. The second kappa shape index (κ2) is 5.31. The summed E-state index contributed by atoms with van der Waals surface area (Å²) in [5, 5.41) is 0. The fraction of sp³-hybridized carbons (Fsp3) is 0.667. The summed E-state index contributed by atoms with van der Waals surface area (Å²) in [5.41, 5.74) is 0.864. The van der Waals surface area contributed by atoms with Gasteiger partial charge in [-0.1, -0.05) is 12.8 Å². The van der Waals surface area contributed by atoms with E-state index in [1.165, 1.54) is 25.7 Å². The normalized spacial score (nSPS) is 24.3. The van der Waals surface area contributed by atoms with Gasteiger partial charge in [0.2, 0.25) is 0 Å². The van der Waals surface area contributed by atoms with Gasteiger partial charge in [0.25, 0.3) is 5.91 Å². The van der Waals surface area contributed by atoms with Crippen LogP contribution in [-0.4, -0.2) is 28.0 Å². The first-order chi connectivity index (χ1) is 9.16. The predicted octanol–water partition coefficient (Wildman–Crippen LogP) is 3.99. The summed E-state index contributed by atoms with van der Waals surface area (Å²) in [6, 6.07) is 2.90. The molecule has 4 heteroatoms. The zero-order valence-corrected chi connectivity index (χ0v) is 13.0. The molecule has 1 atom stereocenters. The summed E-state index contributed by atoms with van der Waals surface area (Å²) in [7, 11) is 0. The van der Waals surface area contributed by atoms with E-state index < -0.39 is 0 Å². The number of rotatable bonds is 2. The first-order valence-corrected chi connectivity index (χ1v) is 8.14. The van der Waals surface area contributed by atoms with Gasteiger partial charge in [-0.25, -0.2) is 0 Å². The summed E-state index contributed by atoms with van der Waals surface area (Å²) in [4.78, 5) is 14.9. The van der Waals surface area contributed by atoms with E-state index in [0.717, 1.165) is 29.6 Å². The lowest BCUT2D eigenvalue weighted by Crippen LogP contribution is -2.39. The van der Waals surface area contributed by atoms with Crippen molar-refractivity contribution in [2.24, 2.45) is 0 Å². The lowest BCUT2D eigenvalue weighted by molar-refractivity contribution is 0.0686. The van der Waals surface area contributed by atoms with E-state index in [9.17, 15) is 4.79 Å². The molecule has 3 rings (SSSR count). The highest BCUT2D eigenvalue weighted by molar-refractivity contribution is 9.10. The second-order valence-electron chi connectivity index (χ2n) is 5.88. The molecule has 1 amide bonds. The van der Waals surface area contributed by atoms with E-state index in [0.29, 0.717) is 12.1 Å². The summed E-state index contributed by atoms with van der Waals surface area (Å²) < 4.78 is 3.19. The largest absolute Gasteiger partial charge is 0.339 e. The highest BCUT2D eigenvalue weighted by atomic mass is 79.9. The number of hydrogen-bond acceptors (Lipinski definition) is 1. The summed E-state index contributed by atoms with van der Waals surface area (Å²) >= 11 is 3.51. The molecule has 104 valence electrons. The third kappa shape index (κ3) is 2.73. The maximum atomic E-state index is 12.8. The Kier molecular flexibility index (Phi) is 3.70. The van der Waals surface area contributed by atoms with Crippen LogP contribution in [0.5, 0.6) is 0 Å². The van der Waals surface area contributed by atoms with Gasteiger partial charge in [0.05, 0.1) is 0 Å². The van der Waals surface area contributed by atoms with Crippen molar-refractivity contribution in [1.82, 2.24) is 9.47 Å². The van der Waals surface area contributed by atoms with Gasteiger partial charge in [-0.2, -0.15) is 0 Å². The Labute approximate surface area is 123 Å². The van der Waals surface area contributed by atoms with Crippen molar-refractivity contribution < 1.29 is 4.79 Å². The molecule has 1 aliphatic carbocycles. The molecule has 1 aliphatic heterocycles. The molecular formula is C15H21BrN2O. The quantitative estimate of drug-likeness (QED) is 0.807. The molecular weight excluding hydrogens is 304 g/mol. The number of amides is 1. The topological polar surface area (TPSA) is 25.2 Å². The molecule has 19 heavy (non-hydrogen) atoms. The minimum Gasteiger partial charge on any atom is -0.339 e. The zero-order valence-electron chi connectivity index (χ0n) is 11.4. The van der Waals surface area contributed by atoms with Gasteiger partial charge >= 0.3 is 0 Å². The summed E-state index contributed by atoms with van der Waals surface area (Å²) in [6.45, 7) is 3.09. The minimum atomic E-state index is 0.215. The molecule has 1 aromatic heterocycles. The Morgan fingerprint density at radius 3 is 2.79 bits per heavy atom. The Balaban J connectivity index is 1.85. The monoisotopic (exact) mass is 324 g/mol. The third-order valence-electron chi connectivity index (χ3n) is 4.29. The molecule has 2 heterocycles. The Hall–Kier alpha value is -0.770. The maximum absolute atomic E-state index is 12.8. The lowest BCUT2D eigenvalue weighted by Gasteiger charge is -2.27. The smallest absolute Gasteiger partial charge is 0.270 e. The first kappa shape index (κ1) is 13.2. The molecule has 1 aromatic rings. The van der Waals surface area contributed by atoms with Crippen molar-refractivity contribution in [1.29, 1.82) is 0 Å². The van der Waals surface area contributed by atoms with Gasteiger partial charge in [-0.3, -0.25) is 4.79 Å². The number of carbonyl (C=O) groups excluding carboxylic acids is 1. The fourth-order valence-corrected chi connectivity index (χ4v) is 3.43. The Morgan fingerprint density at radius 1 is 1.26 bits per heavy atom. The maximum Gasteiger partial charge on any atom is 0.270 e. The van der Waals surface area contributed by atoms with Crippen LogP contribution < -0.4 is 0 Å². The second-order valence-corrected chi connectivity index (χ2v) is 6.79. The Bertz CT molecular complexity index is 478. The van der Waals surface area contributed by atoms with Crippen LogP contribution in [0.3, 0.4) is 0 Å². The predicted molar refractivity (Wildman–Crippen MR) is 79.4 cm³/mol. The van der Waals surface area contributed by atoms with Crippen molar-refractivity contribution in [3.05, 3.63) is 22.4 Å². The number of halogens is 1. The third-order valence-corrected chi connectivity index (χ3v) is 4.72. The molecule has 0 N–H and O–H groups in total. The lowest BCUT2D eigenvalue weighted by atomic mass is 10.1. The van der Waals surface area contributed by atoms with Gasteiger partial charge in [0.1, 0.15) is 5.69 Å². The standard InChI is InChI=1S/C15H21BrN2O/c1-11-5-3-2-4-8-17(11)15(19)14-9-12(16)10-18(14)13-6-7-13/h9-11,13H,2-8H2,1H3. The summed E-state index contributed by atoms with van der Waals surface area (Å²) in [5.74, 6) is 0.215. The van der Waals surface area contributed by atoms with Crippen LogP contribution in [0.4, 0.5) is 0 Å². The van der Waals surface area contributed by atoms with Crippen molar-refractivity contribution in [2.75, 3.05) is 6.54 Å². The van der Waals surface area contributed by atoms with Crippen LogP contribution >= 0.6 is 15.9 Å². The van der Waals surface area contributed by atoms with Gasteiger partial charge in [0, 0.05) is 29.3 Å². The van der Waals surface area contributed by atoms with Crippen molar-refractivity contribution >= 4 is 21.8 Å². The van der Waals surface area contributed by atoms with E-state index in [2.05, 4.69) is 38.5 Å². The number of hydrogen-bond donors (Lipinski definition) is 0. The minimum absolute atomic E-state index is 0.215. The molecule has 0 spiro atoms. The number of nitrogens with zero attached hydrogens (tertiary/aromatic N) is 2.